The minimum atomic E-state index is -0.338. The number of hydrogen-bond acceptors (Lipinski definition) is 3. The highest BCUT2D eigenvalue weighted by Gasteiger charge is 2.17. The van der Waals surface area contributed by atoms with Crippen molar-refractivity contribution in [2.24, 2.45) is 0 Å². The summed E-state index contributed by atoms with van der Waals surface area (Å²) in [6.07, 6.45) is 9.14. The van der Waals surface area contributed by atoms with Gasteiger partial charge in [-0.1, -0.05) is 19.3 Å². The van der Waals surface area contributed by atoms with Crippen molar-refractivity contribution in [1.82, 2.24) is 0 Å². The third-order valence-corrected chi connectivity index (χ3v) is 4.38. The van der Waals surface area contributed by atoms with E-state index < -0.39 is 0 Å². The lowest BCUT2D eigenvalue weighted by Crippen LogP contribution is -2.88. The Morgan fingerprint density at radius 2 is 1.91 bits per heavy atom. The summed E-state index contributed by atoms with van der Waals surface area (Å²) < 4.78 is 5.61. The van der Waals surface area contributed by atoms with Crippen LogP contribution in [0.5, 0.6) is 5.75 Å². The minimum absolute atomic E-state index is 0.143. The minimum Gasteiger partial charge on any atom is -0.493 e. The lowest BCUT2D eigenvalue weighted by molar-refractivity contribution is -0.706. The largest absolute Gasteiger partial charge is 0.493 e. The number of nitrogens with zero attached hydrogens (tertiary/aromatic N) is 1. The number of nitro benzene ring substituents is 1. The summed E-state index contributed by atoms with van der Waals surface area (Å²) in [6, 6.07) is 5.53. The Balaban J connectivity index is 2.02. The fourth-order valence-corrected chi connectivity index (χ4v) is 3.15. The normalized spacial score (nSPS) is 16.8. The third-order valence-electron chi connectivity index (χ3n) is 4.38. The molecule has 0 atom stereocenters. The van der Waals surface area contributed by atoms with Gasteiger partial charge in [-0.2, -0.15) is 0 Å². The first kappa shape index (κ1) is 16.7. The second-order valence-electron chi connectivity index (χ2n) is 6.03. The molecule has 0 aliphatic heterocycles. The molecule has 1 aliphatic rings. The van der Waals surface area contributed by atoms with Gasteiger partial charge in [-0.15, -0.1) is 0 Å². The van der Waals surface area contributed by atoms with Crippen molar-refractivity contribution in [2.45, 2.75) is 64.5 Å². The molecule has 0 bridgehead atoms. The van der Waals surface area contributed by atoms with E-state index in [4.69, 9.17) is 4.74 Å². The van der Waals surface area contributed by atoms with Gasteiger partial charge in [0.15, 0.2) is 0 Å². The smallest absolute Gasteiger partial charge is 0.270 e. The molecule has 122 valence electrons. The number of nitrogens with two attached hydrogens (primary N) is 1. The van der Waals surface area contributed by atoms with E-state index in [1.165, 1.54) is 51.0 Å². The summed E-state index contributed by atoms with van der Waals surface area (Å²) in [6.45, 7) is 3.26. The van der Waals surface area contributed by atoms with Gasteiger partial charge >= 0.3 is 0 Å². The molecule has 22 heavy (non-hydrogen) atoms. The Morgan fingerprint density at radius 1 is 1.23 bits per heavy atom. The number of quaternary nitrogens is 1. The maximum atomic E-state index is 11.0. The maximum absolute atomic E-state index is 11.0. The van der Waals surface area contributed by atoms with Gasteiger partial charge in [0, 0.05) is 12.1 Å². The molecule has 2 N–H and O–H groups in total. The van der Waals surface area contributed by atoms with Crippen LogP contribution in [-0.4, -0.2) is 17.6 Å². The standard InChI is InChI=1S/C17H26N2O3/c1-2-22-17-11-10-16(19(20)21)12-14(17)13-18-15-8-6-4-3-5-7-9-15/h10-12,15,18H,2-9,13H2,1H3/p+1. The summed E-state index contributed by atoms with van der Waals surface area (Å²) in [7, 11) is 0. The SMILES string of the molecule is CCOc1ccc([N+](=O)[O-])cc1C[NH2+]C1CCCCCCC1. The van der Waals surface area contributed by atoms with Crippen molar-refractivity contribution in [3.63, 3.8) is 0 Å². The van der Waals surface area contributed by atoms with Crippen molar-refractivity contribution in [1.29, 1.82) is 0 Å². The van der Waals surface area contributed by atoms with Crippen LogP contribution < -0.4 is 10.1 Å². The first-order chi connectivity index (χ1) is 10.7. The van der Waals surface area contributed by atoms with Gasteiger partial charge in [0.25, 0.3) is 5.69 Å². The lowest BCUT2D eigenvalue weighted by Gasteiger charge is -2.19. The monoisotopic (exact) mass is 307 g/mol. The van der Waals surface area contributed by atoms with E-state index in [2.05, 4.69) is 5.32 Å². The molecule has 0 radical (unpaired) electrons. The first-order valence-electron chi connectivity index (χ1n) is 8.44. The van der Waals surface area contributed by atoms with Gasteiger partial charge < -0.3 is 10.1 Å². The molecule has 2 rings (SSSR count). The molecule has 0 saturated heterocycles. The second-order valence-corrected chi connectivity index (χ2v) is 6.03. The highest BCUT2D eigenvalue weighted by atomic mass is 16.6. The molecule has 1 aromatic rings. The lowest BCUT2D eigenvalue weighted by atomic mass is 9.96. The van der Waals surface area contributed by atoms with Crippen LogP contribution in [0.1, 0.15) is 57.4 Å². The van der Waals surface area contributed by atoms with E-state index in [0.29, 0.717) is 12.6 Å². The van der Waals surface area contributed by atoms with Crippen LogP contribution in [0.3, 0.4) is 0 Å². The molecule has 1 aliphatic carbocycles. The first-order valence-corrected chi connectivity index (χ1v) is 8.44. The average Bonchev–Trinajstić information content (AvgIpc) is 2.47. The third kappa shape index (κ3) is 4.98. The molecule has 0 heterocycles. The molecule has 0 aromatic heterocycles. The second kappa shape index (κ2) is 8.73. The summed E-state index contributed by atoms with van der Waals surface area (Å²) in [5.41, 5.74) is 1.07. The zero-order chi connectivity index (χ0) is 15.8. The topological polar surface area (TPSA) is 69.0 Å². The maximum Gasteiger partial charge on any atom is 0.270 e. The van der Waals surface area contributed by atoms with E-state index in [9.17, 15) is 10.1 Å². The Bertz CT molecular complexity index is 483. The summed E-state index contributed by atoms with van der Waals surface area (Å²) in [4.78, 5) is 10.6. The molecule has 0 amide bonds. The number of rotatable bonds is 6. The van der Waals surface area contributed by atoms with Crippen LogP contribution in [0.4, 0.5) is 5.69 Å². The quantitative estimate of drug-likeness (QED) is 0.648. The molecule has 1 aromatic carbocycles. The summed E-state index contributed by atoms with van der Waals surface area (Å²) in [5.74, 6) is 0.773. The summed E-state index contributed by atoms with van der Waals surface area (Å²) >= 11 is 0. The molecule has 0 unspecified atom stereocenters. The van der Waals surface area contributed by atoms with Crippen LogP contribution >= 0.6 is 0 Å². The fourth-order valence-electron chi connectivity index (χ4n) is 3.15. The van der Waals surface area contributed by atoms with Crippen LogP contribution in [0, 0.1) is 10.1 Å². The Hall–Kier alpha value is -1.62. The zero-order valence-corrected chi connectivity index (χ0v) is 13.4. The highest BCUT2D eigenvalue weighted by Crippen LogP contribution is 2.24. The van der Waals surface area contributed by atoms with Gasteiger partial charge in [0.05, 0.1) is 23.1 Å². The van der Waals surface area contributed by atoms with Crippen LogP contribution in [0.25, 0.3) is 0 Å². The van der Waals surface area contributed by atoms with Crippen molar-refractivity contribution in [3.05, 3.63) is 33.9 Å². The molecule has 1 fully saturated rings. The number of nitro groups is 1. The number of hydrogen-bond donors (Lipinski definition) is 1. The predicted octanol–water partition coefficient (Wildman–Crippen LogP) is 3.17. The van der Waals surface area contributed by atoms with E-state index in [1.54, 1.807) is 12.1 Å². The van der Waals surface area contributed by atoms with Gasteiger partial charge in [0.1, 0.15) is 12.3 Å². The fraction of sp³-hybridized carbons (Fsp3) is 0.647. The van der Waals surface area contributed by atoms with Crippen molar-refractivity contribution in [2.75, 3.05) is 6.61 Å². The van der Waals surface area contributed by atoms with Crippen LogP contribution in [0.2, 0.25) is 0 Å². The van der Waals surface area contributed by atoms with E-state index >= 15 is 0 Å². The van der Waals surface area contributed by atoms with Crippen molar-refractivity contribution >= 4 is 5.69 Å². The molecule has 0 spiro atoms. The van der Waals surface area contributed by atoms with Crippen molar-refractivity contribution < 1.29 is 15.0 Å². The summed E-state index contributed by atoms with van der Waals surface area (Å²) in [5, 5.41) is 13.3. The highest BCUT2D eigenvalue weighted by molar-refractivity contribution is 5.43. The average molecular weight is 307 g/mol. The number of non-ortho nitro benzene ring substituents is 1. The van der Waals surface area contributed by atoms with Gasteiger partial charge in [-0.05, 0) is 38.7 Å². The van der Waals surface area contributed by atoms with Gasteiger partial charge in [-0.25, -0.2) is 0 Å². The Morgan fingerprint density at radius 3 is 2.55 bits per heavy atom. The Kier molecular flexibility index (Phi) is 6.65. The number of ether oxygens (including phenoxy) is 1. The van der Waals surface area contributed by atoms with Crippen molar-refractivity contribution in [3.8, 4) is 5.75 Å². The molecule has 5 nitrogen and oxygen atoms in total. The molecular formula is C17H27N2O3+. The van der Waals surface area contributed by atoms with Crippen LogP contribution in [-0.2, 0) is 6.54 Å². The van der Waals surface area contributed by atoms with E-state index in [0.717, 1.165) is 17.9 Å². The molecule has 1 saturated carbocycles. The Labute approximate surface area is 132 Å². The predicted molar refractivity (Wildman–Crippen MR) is 86.0 cm³/mol. The van der Waals surface area contributed by atoms with E-state index in [-0.39, 0.29) is 10.6 Å². The number of benzene rings is 1. The van der Waals surface area contributed by atoms with E-state index in [1.807, 2.05) is 6.92 Å². The molecule has 5 heteroatoms. The van der Waals surface area contributed by atoms with Gasteiger partial charge in [-0.3, -0.25) is 10.1 Å². The molecular weight excluding hydrogens is 280 g/mol. The van der Waals surface area contributed by atoms with Gasteiger partial charge in [0.2, 0.25) is 0 Å². The zero-order valence-electron chi connectivity index (χ0n) is 13.4. The van der Waals surface area contributed by atoms with Crippen LogP contribution in [0.15, 0.2) is 18.2 Å².